The number of ketones is 1. The number of rotatable bonds is 2. The molecule has 17 heavy (non-hydrogen) atoms. The third-order valence-electron chi connectivity index (χ3n) is 3.51. The smallest absolute Gasteiger partial charge is 0.166 e. The van der Waals surface area contributed by atoms with E-state index in [9.17, 15) is 9.18 Å². The van der Waals surface area contributed by atoms with Gasteiger partial charge in [0.05, 0.1) is 4.47 Å². The van der Waals surface area contributed by atoms with Gasteiger partial charge in [0.1, 0.15) is 5.82 Å². The second-order valence-electron chi connectivity index (χ2n) is 4.96. The Morgan fingerprint density at radius 2 is 2.18 bits per heavy atom. The van der Waals surface area contributed by atoms with Crippen LogP contribution in [0.2, 0.25) is 0 Å². The minimum Gasteiger partial charge on any atom is -0.294 e. The van der Waals surface area contributed by atoms with Gasteiger partial charge < -0.3 is 0 Å². The molecule has 1 saturated carbocycles. The van der Waals surface area contributed by atoms with Crippen LogP contribution in [0.15, 0.2) is 22.7 Å². The Labute approximate surface area is 110 Å². The molecule has 1 fully saturated rings. The standard InChI is InChI=1S/C14H16BrFO/c1-9-3-2-4-10(7-9)14(17)11-5-6-12(15)13(16)8-11/h5-6,8-10H,2-4,7H2,1H3. The Morgan fingerprint density at radius 3 is 2.82 bits per heavy atom. The molecule has 0 heterocycles. The van der Waals surface area contributed by atoms with Crippen LogP contribution in [0.4, 0.5) is 4.39 Å². The molecule has 0 aliphatic heterocycles. The number of Topliss-reactive ketones (excluding diaryl/α,β-unsaturated/α-hetero) is 1. The van der Waals surface area contributed by atoms with E-state index < -0.39 is 0 Å². The van der Waals surface area contributed by atoms with E-state index in [4.69, 9.17) is 0 Å². The highest BCUT2D eigenvalue weighted by Crippen LogP contribution is 2.31. The average Bonchev–Trinajstić information content (AvgIpc) is 2.32. The first kappa shape index (κ1) is 12.7. The molecule has 1 aliphatic carbocycles. The van der Waals surface area contributed by atoms with Gasteiger partial charge in [0.15, 0.2) is 5.78 Å². The van der Waals surface area contributed by atoms with Crippen LogP contribution in [0.25, 0.3) is 0 Å². The molecule has 2 atom stereocenters. The van der Waals surface area contributed by atoms with Gasteiger partial charge >= 0.3 is 0 Å². The molecule has 1 aromatic rings. The fourth-order valence-electron chi connectivity index (χ4n) is 2.56. The van der Waals surface area contributed by atoms with Crippen LogP contribution in [0, 0.1) is 17.7 Å². The van der Waals surface area contributed by atoms with Crippen molar-refractivity contribution in [1.82, 2.24) is 0 Å². The lowest BCUT2D eigenvalue weighted by Gasteiger charge is -2.25. The summed E-state index contributed by atoms with van der Waals surface area (Å²) in [4.78, 5) is 12.2. The third kappa shape index (κ3) is 2.95. The Kier molecular flexibility index (Phi) is 3.97. The van der Waals surface area contributed by atoms with Gasteiger partial charge in [-0.3, -0.25) is 4.79 Å². The summed E-state index contributed by atoms with van der Waals surface area (Å²) in [6.45, 7) is 2.18. The van der Waals surface area contributed by atoms with Gasteiger partial charge in [0.2, 0.25) is 0 Å². The van der Waals surface area contributed by atoms with E-state index in [1.165, 1.54) is 12.5 Å². The van der Waals surface area contributed by atoms with Crippen molar-refractivity contribution in [3.8, 4) is 0 Å². The highest BCUT2D eigenvalue weighted by molar-refractivity contribution is 9.10. The van der Waals surface area contributed by atoms with Crippen molar-refractivity contribution in [2.75, 3.05) is 0 Å². The third-order valence-corrected chi connectivity index (χ3v) is 4.15. The van der Waals surface area contributed by atoms with E-state index >= 15 is 0 Å². The lowest BCUT2D eigenvalue weighted by molar-refractivity contribution is 0.0868. The van der Waals surface area contributed by atoms with Crippen LogP contribution < -0.4 is 0 Å². The highest BCUT2D eigenvalue weighted by Gasteiger charge is 2.26. The van der Waals surface area contributed by atoms with Gasteiger partial charge in [0, 0.05) is 11.5 Å². The molecule has 1 aliphatic rings. The molecule has 0 amide bonds. The second-order valence-corrected chi connectivity index (χ2v) is 5.82. The van der Waals surface area contributed by atoms with Crippen LogP contribution in [0.5, 0.6) is 0 Å². The highest BCUT2D eigenvalue weighted by atomic mass is 79.9. The summed E-state index contributed by atoms with van der Waals surface area (Å²) in [5.74, 6) is 0.431. The summed E-state index contributed by atoms with van der Waals surface area (Å²) in [5, 5.41) is 0. The molecule has 0 radical (unpaired) electrons. The minimum absolute atomic E-state index is 0.0827. The van der Waals surface area contributed by atoms with E-state index in [0.717, 1.165) is 19.3 Å². The van der Waals surface area contributed by atoms with E-state index in [-0.39, 0.29) is 17.5 Å². The van der Waals surface area contributed by atoms with Crippen molar-refractivity contribution >= 4 is 21.7 Å². The average molecular weight is 299 g/mol. The van der Waals surface area contributed by atoms with Gasteiger partial charge in [0.25, 0.3) is 0 Å². The first-order chi connectivity index (χ1) is 8.08. The van der Waals surface area contributed by atoms with Crippen molar-refractivity contribution in [3.05, 3.63) is 34.1 Å². The van der Waals surface area contributed by atoms with E-state index in [1.54, 1.807) is 12.1 Å². The molecule has 0 N–H and O–H groups in total. The van der Waals surface area contributed by atoms with Gasteiger partial charge in [-0.15, -0.1) is 0 Å². The maximum absolute atomic E-state index is 13.4. The zero-order valence-corrected chi connectivity index (χ0v) is 11.5. The summed E-state index contributed by atoms with van der Waals surface area (Å²) < 4.78 is 13.8. The molecule has 1 nitrogen and oxygen atoms in total. The summed E-state index contributed by atoms with van der Waals surface area (Å²) in [6.07, 6.45) is 4.20. The van der Waals surface area contributed by atoms with Gasteiger partial charge in [-0.25, -0.2) is 4.39 Å². The molecule has 2 unspecified atom stereocenters. The van der Waals surface area contributed by atoms with Crippen molar-refractivity contribution in [1.29, 1.82) is 0 Å². The second kappa shape index (κ2) is 5.30. The Bertz CT molecular complexity index is 430. The quantitative estimate of drug-likeness (QED) is 0.730. The zero-order chi connectivity index (χ0) is 12.4. The SMILES string of the molecule is CC1CCCC(C(=O)c2ccc(Br)c(F)c2)C1. The fraction of sp³-hybridized carbons (Fsp3) is 0.500. The molecular formula is C14H16BrFO. The molecular weight excluding hydrogens is 283 g/mol. The predicted octanol–water partition coefficient (Wildman–Crippen LogP) is 4.60. The largest absolute Gasteiger partial charge is 0.294 e. The topological polar surface area (TPSA) is 17.1 Å². The minimum atomic E-state index is -0.361. The van der Waals surface area contributed by atoms with Crippen LogP contribution in [0.3, 0.4) is 0 Å². The summed E-state index contributed by atoms with van der Waals surface area (Å²) in [5.41, 5.74) is 0.504. The summed E-state index contributed by atoms with van der Waals surface area (Å²) in [6, 6.07) is 4.65. The van der Waals surface area contributed by atoms with Crippen LogP contribution in [0.1, 0.15) is 43.0 Å². The van der Waals surface area contributed by atoms with E-state index in [1.807, 2.05) is 0 Å². The van der Waals surface area contributed by atoms with Crippen molar-refractivity contribution < 1.29 is 9.18 Å². The number of carbonyl (C=O) groups excluding carboxylic acids is 1. The molecule has 0 saturated heterocycles. The zero-order valence-electron chi connectivity index (χ0n) is 9.88. The molecule has 2 rings (SSSR count). The van der Waals surface area contributed by atoms with Gasteiger partial charge in [-0.1, -0.05) is 25.8 Å². The Morgan fingerprint density at radius 1 is 1.41 bits per heavy atom. The van der Waals surface area contributed by atoms with E-state index in [2.05, 4.69) is 22.9 Å². The van der Waals surface area contributed by atoms with Gasteiger partial charge in [-0.2, -0.15) is 0 Å². The Balaban J connectivity index is 2.15. The Hall–Kier alpha value is -0.700. The molecule has 0 bridgehead atoms. The van der Waals surface area contributed by atoms with Gasteiger partial charge in [-0.05, 0) is 46.8 Å². The molecule has 3 heteroatoms. The summed E-state index contributed by atoms with van der Waals surface area (Å²) in [7, 11) is 0. The van der Waals surface area contributed by atoms with Crippen LogP contribution in [-0.2, 0) is 0 Å². The number of hydrogen-bond donors (Lipinski definition) is 0. The maximum atomic E-state index is 13.4. The van der Waals surface area contributed by atoms with Crippen LogP contribution in [-0.4, -0.2) is 5.78 Å². The number of halogens is 2. The fourth-order valence-corrected chi connectivity index (χ4v) is 2.80. The first-order valence-electron chi connectivity index (χ1n) is 6.07. The van der Waals surface area contributed by atoms with Crippen molar-refractivity contribution in [3.63, 3.8) is 0 Å². The normalized spacial score (nSPS) is 24.6. The first-order valence-corrected chi connectivity index (χ1v) is 6.86. The predicted molar refractivity (Wildman–Crippen MR) is 69.6 cm³/mol. The molecule has 92 valence electrons. The molecule has 0 aromatic heterocycles. The number of hydrogen-bond acceptors (Lipinski definition) is 1. The summed E-state index contributed by atoms with van der Waals surface area (Å²) >= 11 is 3.10. The number of carbonyl (C=O) groups is 1. The maximum Gasteiger partial charge on any atom is 0.166 e. The lowest BCUT2D eigenvalue weighted by atomic mass is 9.79. The molecule has 0 spiro atoms. The van der Waals surface area contributed by atoms with Crippen molar-refractivity contribution in [2.45, 2.75) is 32.6 Å². The number of benzene rings is 1. The van der Waals surface area contributed by atoms with Crippen LogP contribution >= 0.6 is 15.9 Å². The molecule has 1 aromatic carbocycles. The van der Waals surface area contributed by atoms with E-state index in [0.29, 0.717) is 16.0 Å². The van der Waals surface area contributed by atoms with Crippen molar-refractivity contribution in [2.24, 2.45) is 11.8 Å². The monoisotopic (exact) mass is 298 g/mol. The lowest BCUT2D eigenvalue weighted by Crippen LogP contribution is -2.21.